The van der Waals surface area contributed by atoms with Gasteiger partial charge in [-0.2, -0.15) is 0 Å². The molecule has 0 bridgehead atoms. The number of piperazine rings is 1. The van der Waals surface area contributed by atoms with Crippen molar-refractivity contribution in [3.05, 3.63) is 0 Å². The molecule has 0 aromatic rings. The van der Waals surface area contributed by atoms with Crippen LogP contribution in [-0.4, -0.2) is 72.9 Å². The summed E-state index contributed by atoms with van der Waals surface area (Å²) in [4.78, 5) is 5.14. The number of hydrogen-bond acceptors (Lipinski definition) is 4. The minimum absolute atomic E-state index is 0.0181. The molecule has 2 fully saturated rings. The van der Waals surface area contributed by atoms with Crippen LogP contribution in [0.15, 0.2) is 0 Å². The fraction of sp³-hybridized carbons (Fsp3) is 1.00. The third kappa shape index (κ3) is 2.72. The van der Waals surface area contributed by atoms with Crippen molar-refractivity contribution in [2.24, 2.45) is 0 Å². The van der Waals surface area contributed by atoms with Gasteiger partial charge in [-0.05, 0) is 39.8 Å². The summed E-state index contributed by atoms with van der Waals surface area (Å²) in [6, 6.07) is 1.37. The highest BCUT2D eigenvalue weighted by atomic mass is 16.3. The SMILES string of the molecule is CCC1CN(C2CCC(CO)(NC)C2)CCN1C. The van der Waals surface area contributed by atoms with Crippen molar-refractivity contribution < 1.29 is 5.11 Å². The predicted octanol–water partition coefficient (Wildman–Crippen LogP) is 0.515. The molecule has 0 aromatic heterocycles. The Morgan fingerprint density at radius 1 is 1.39 bits per heavy atom. The molecule has 4 nitrogen and oxygen atoms in total. The van der Waals surface area contributed by atoms with E-state index in [9.17, 15) is 5.11 Å². The molecule has 2 N–H and O–H groups in total. The van der Waals surface area contributed by atoms with Gasteiger partial charge in [-0.15, -0.1) is 0 Å². The monoisotopic (exact) mass is 255 g/mol. The van der Waals surface area contributed by atoms with Crippen molar-refractivity contribution >= 4 is 0 Å². The van der Waals surface area contributed by atoms with Gasteiger partial charge in [-0.3, -0.25) is 4.90 Å². The van der Waals surface area contributed by atoms with Crippen molar-refractivity contribution in [1.82, 2.24) is 15.1 Å². The number of aliphatic hydroxyl groups is 1. The van der Waals surface area contributed by atoms with Crippen molar-refractivity contribution in [2.75, 3.05) is 40.3 Å². The average Bonchev–Trinajstić information content (AvgIpc) is 2.84. The van der Waals surface area contributed by atoms with Crippen molar-refractivity contribution in [3.8, 4) is 0 Å². The molecule has 0 aromatic carbocycles. The lowest BCUT2D eigenvalue weighted by atomic mass is 9.98. The molecule has 1 aliphatic carbocycles. The van der Waals surface area contributed by atoms with Crippen LogP contribution in [0.1, 0.15) is 32.6 Å². The van der Waals surface area contributed by atoms with E-state index >= 15 is 0 Å². The Balaban J connectivity index is 1.93. The molecule has 2 rings (SSSR count). The van der Waals surface area contributed by atoms with Crippen LogP contribution in [0.25, 0.3) is 0 Å². The normalized spacial score (nSPS) is 39.3. The van der Waals surface area contributed by atoms with Gasteiger partial charge in [0.1, 0.15) is 0 Å². The molecule has 0 spiro atoms. The first-order valence-electron chi connectivity index (χ1n) is 7.38. The molecule has 1 heterocycles. The van der Waals surface area contributed by atoms with E-state index in [2.05, 4.69) is 29.1 Å². The van der Waals surface area contributed by atoms with Crippen LogP contribution >= 0.6 is 0 Å². The van der Waals surface area contributed by atoms with Gasteiger partial charge in [0.2, 0.25) is 0 Å². The summed E-state index contributed by atoms with van der Waals surface area (Å²) in [5.41, 5.74) is -0.0181. The molecule has 1 aliphatic heterocycles. The molecule has 18 heavy (non-hydrogen) atoms. The molecule has 106 valence electrons. The van der Waals surface area contributed by atoms with Crippen LogP contribution in [-0.2, 0) is 0 Å². The highest BCUT2D eigenvalue weighted by Gasteiger charge is 2.41. The second kappa shape index (κ2) is 5.87. The van der Waals surface area contributed by atoms with Crippen LogP contribution in [0.4, 0.5) is 0 Å². The fourth-order valence-corrected chi connectivity index (χ4v) is 3.60. The Labute approximate surface area is 111 Å². The maximum Gasteiger partial charge on any atom is 0.0613 e. The first kappa shape index (κ1) is 14.3. The van der Waals surface area contributed by atoms with Gasteiger partial charge in [0.15, 0.2) is 0 Å². The molecule has 4 heteroatoms. The number of nitrogens with zero attached hydrogens (tertiary/aromatic N) is 2. The maximum atomic E-state index is 9.58. The van der Waals surface area contributed by atoms with E-state index < -0.39 is 0 Å². The minimum Gasteiger partial charge on any atom is -0.394 e. The Morgan fingerprint density at radius 3 is 2.72 bits per heavy atom. The minimum atomic E-state index is -0.0181. The Kier molecular flexibility index (Phi) is 4.64. The van der Waals surface area contributed by atoms with E-state index in [0.29, 0.717) is 12.1 Å². The summed E-state index contributed by atoms with van der Waals surface area (Å²) in [5.74, 6) is 0. The lowest BCUT2D eigenvalue weighted by Gasteiger charge is -2.42. The van der Waals surface area contributed by atoms with Crippen molar-refractivity contribution in [3.63, 3.8) is 0 Å². The Morgan fingerprint density at radius 2 is 2.17 bits per heavy atom. The average molecular weight is 255 g/mol. The van der Waals surface area contributed by atoms with Gasteiger partial charge in [0.25, 0.3) is 0 Å². The van der Waals surface area contributed by atoms with E-state index in [4.69, 9.17) is 0 Å². The van der Waals surface area contributed by atoms with Crippen LogP contribution in [0.5, 0.6) is 0 Å². The topological polar surface area (TPSA) is 38.7 Å². The zero-order valence-corrected chi connectivity index (χ0v) is 12.2. The summed E-state index contributed by atoms with van der Waals surface area (Å²) in [6.45, 7) is 6.11. The van der Waals surface area contributed by atoms with Crippen LogP contribution < -0.4 is 5.32 Å². The molecule has 0 radical (unpaired) electrons. The molecule has 1 saturated heterocycles. The predicted molar refractivity (Wildman–Crippen MR) is 74.8 cm³/mol. The number of nitrogens with one attached hydrogen (secondary N) is 1. The standard InChI is InChI=1S/C14H29N3O/c1-4-12-10-17(8-7-16(12)3)13-5-6-14(9-13,11-18)15-2/h12-13,15,18H,4-11H2,1-3H3. The van der Waals surface area contributed by atoms with E-state index in [1.807, 2.05) is 7.05 Å². The number of hydrogen-bond donors (Lipinski definition) is 2. The van der Waals surface area contributed by atoms with E-state index in [0.717, 1.165) is 12.8 Å². The third-order valence-corrected chi connectivity index (χ3v) is 5.21. The highest BCUT2D eigenvalue weighted by Crippen LogP contribution is 2.33. The molecule has 3 unspecified atom stereocenters. The van der Waals surface area contributed by atoms with E-state index in [1.165, 1.54) is 32.5 Å². The summed E-state index contributed by atoms with van der Waals surface area (Å²) >= 11 is 0. The van der Waals surface area contributed by atoms with Crippen LogP contribution in [0.3, 0.4) is 0 Å². The molecule has 0 amide bonds. The van der Waals surface area contributed by atoms with E-state index in [-0.39, 0.29) is 12.1 Å². The number of aliphatic hydroxyl groups excluding tert-OH is 1. The molecular weight excluding hydrogens is 226 g/mol. The first-order valence-corrected chi connectivity index (χ1v) is 7.38. The summed E-state index contributed by atoms with van der Waals surface area (Å²) in [6.07, 6.45) is 4.66. The highest BCUT2D eigenvalue weighted by molar-refractivity contribution is 5.00. The quantitative estimate of drug-likeness (QED) is 0.768. The Bertz CT molecular complexity index is 268. The largest absolute Gasteiger partial charge is 0.394 e. The molecule has 3 atom stereocenters. The number of likely N-dealkylation sites (N-methyl/N-ethyl adjacent to an activating group) is 2. The first-order chi connectivity index (χ1) is 8.64. The van der Waals surface area contributed by atoms with Gasteiger partial charge in [0.05, 0.1) is 6.61 Å². The molecule has 2 aliphatic rings. The maximum absolute atomic E-state index is 9.58. The van der Waals surface area contributed by atoms with Gasteiger partial charge in [-0.1, -0.05) is 6.92 Å². The zero-order valence-electron chi connectivity index (χ0n) is 12.2. The van der Waals surface area contributed by atoms with Gasteiger partial charge >= 0.3 is 0 Å². The smallest absolute Gasteiger partial charge is 0.0613 e. The third-order valence-electron chi connectivity index (χ3n) is 5.21. The summed E-state index contributed by atoms with van der Waals surface area (Å²) in [5, 5.41) is 12.9. The molecular formula is C14H29N3O. The number of rotatable bonds is 4. The fourth-order valence-electron chi connectivity index (χ4n) is 3.60. The second-order valence-electron chi connectivity index (χ2n) is 6.12. The van der Waals surface area contributed by atoms with Gasteiger partial charge in [0, 0.05) is 37.3 Å². The summed E-state index contributed by atoms with van der Waals surface area (Å²) < 4.78 is 0. The van der Waals surface area contributed by atoms with Gasteiger partial charge in [-0.25, -0.2) is 0 Å². The summed E-state index contributed by atoms with van der Waals surface area (Å²) in [7, 11) is 4.23. The second-order valence-corrected chi connectivity index (χ2v) is 6.12. The van der Waals surface area contributed by atoms with Crippen molar-refractivity contribution in [2.45, 2.75) is 50.2 Å². The zero-order chi connectivity index (χ0) is 13.2. The lowest BCUT2D eigenvalue weighted by Crippen LogP contribution is -2.54. The van der Waals surface area contributed by atoms with E-state index in [1.54, 1.807) is 0 Å². The Hall–Kier alpha value is -0.160. The van der Waals surface area contributed by atoms with Gasteiger partial charge < -0.3 is 15.3 Å². The lowest BCUT2D eigenvalue weighted by molar-refractivity contribution is 0.0588. The van der Waals surface area contributed by atoms with Crippen LogP contribution in [0.2, 0.25) is 0 Å². The molecule has 1 saturated carbocycles. The van der Waals surface area contributed by atoms with Crippen LogP contribution in [0, 0.1) is 0 Å². The van der Waals surface area contributed by atoms with Crippen molar-refractivity contribution in [1.29, 1.82) is 0 Å².